The van der Waals surface area contributed by atoms with Gasteiger partial charge in [0, 0.05) is 23.7 Å². The maximum absolute atomic E-state index is 11.9. The highest BCUT2D eigenvalue weighted by atomic mass is 32.1. The van der Waals surface area contributed by atoms with Crippen LogP contribution in [0.5, 0.6) is 0 Å². The van der Waals surface area contributed by atoms with Gasteiger partial charge in [0.2, 0.25) is 0 Å². The quantitative estimate of drug-likeness (QED) is 0.830. The van der Waals surface area contributed by atoms with Gasteiger partial charge in [-0.3, -0.25) is 4.79 Å². The third-order valence-corrected chi connectivity index (χ3v) is 3.55. The van der Waals surface area contributed by atoms with Crippen molar-refractivity contribution in [3.63, 3.8) is 0 Å². The molecule has 0 saturated carbocycles. The third kappa shape index (κ3) is 3.25. The summed E-state index contributed by atoms with van der Waals surface area (Å²) in [7, 11) is 1.83. The van der Waals surface area contributed by atoms with Crippen molar-refractivity contribution < 1.29 is 9.90 Å². The molecule has 0 saturated heterocycles. The SMILES string of the molecule is Cn1cccc1C(=O)NCc1sccc1C#CCO. The molecule has 0 bridgehead atoms. The van der Waals surface area contributed by atoms with Crippen LogP contribution in [-0.2, 0) is 13.6 Å². The zero-order valence-corrected chi connectivity index (χ0v) is 11.3. The summed E-state index contributed by atoms with van der Waals surface area (Å²) in [5.41, 5.74) is 1.48. The lowest BCUT2D eigenvalue weighted by Gasteiger charge is -2.05. The Bertz CT molecular complexity index is 631. The first-order valence-corrected chi connectivity index (χ1v) is 6.66. The van der Waals surface area contributed by atoms with Gasteiger partial charge in [0.05, 0.1) is 6.54 Å². The van der Waals surface area contributed by atoms with Crippen molar-refractivity contribution in [1.82, 2.24) is 9.88 Å². The highest BCUT2D eigenvalue weighted by molar-refractivity contribution is 7.10. The van der Waals surface area contributed by atoms with Crippen LogP contribution in [0.15, 0.2) is 29.8 Å². The van der Waals surface area contributed by atoms with Crippen LogP contribution in [0.2, 0.25) is 0 Å². The summed E-state index contributed by atoms with van der Waals surface area (Å²) in [5.74, 6) is 5.37. The fraction of sp³-hybridized carbons (Fsp3) is 0.214. The predicted octanol–water partition coefficient (Wildman–Crippen LogP) is 1.36. The van der Waals surface area contributed by atoms with E-state index in [9.17, 15) is 4.79 Å². The minimum Gasteiger partial charge on any atom is -0.384 e. The summed E-state index contributed by atoms with van der Waals surface area (Å²) >= 11 is 1.54. The Morgan fingerprint density at radius 1 is 1.53 bits per heavy atom. The molecule has 0 aliphatic heterocycles. The molecule has 2 aromatic rings. The number of amides is 1. The number of thiophene rings is 1. The number of carbonyl (C=O) groups is 1. The molecule has 2 aromatic heterocycles. The Hall–Kier alpha value is -2.03. The molecule has 0 spiro atoms. The number of carbonyl (C=O) groups excluding carboxylic acids is 1. The van der Waals surface area contributed by atoms with Gasteiger partial charge in [0.1, 0.15) is 12.3 Å². The zero-order valence-electron chi connectivity index (χ0n) is 10.5. The summed E-state index contributed by atoms with van der Waals surface area (Å²) in [5, 5.41) is 13.5. The number of aliphatic hydroxyl groups is 1. The second kappa shape index (κ2) is 6.23. The lowest BCUT2D eigenvalue weighted by Crippen LogP contribution is -2.24. The van der Waals surface area contributed by atoms with E-state index in [4.69, 9.17) is 5.11 Å². The highest BCUT2D eigenvalue weighted by Crippen LogP contribution is 2.15. The molecular formula is C14H14N2O2S. The first kappa shape index (κ1) is 13.4. The minimum absolute atomic E-state index is 0.109. The summed E-state index contributed by atoms with van der Waals surface area (Å²) in [6, 6.07) is 5.49. The molecule has 1 amide bonds. The number of nitrogens with zero attached hydrogens (tertiary/aromatic N) is 1. The van der Waals surface area contributed by atoms with Crippen LogP contribution in [0, 0.1) is 11.8 Å². The van der Waals surface area contributed by atoms with Crippen molar-refractivity contribution in [3.8, 4) is 11.8 Å². The molecule has 0 aliphatic rings. The molecule has 0 aromatic carbocycles. The van der Waals surface area contributed by atoms with Gasteiger partial charge >= 0.3 is 0 Å². The number of hydrogen-bond donors (Lipinski definition) is 2. The van der Waals surface area contributed by atoms with Gasteiger partial charge in [0.15, 0.2) is 0 Å². The number of aromatic nitrogens is 1. The molecule has 2 heterocycles. The number of nitrogens with one attached hydrogen (secondary N) is 1. The maximum atomic E-state index is 11.9. The van der Waals surface area contributed by atoms with E-state index in [1.807, 2.05) is 30.8 Å². The molecule has 0 unspecified atom stereocenters. The second-order valence-corrected chi connectivity index (χ2v) is 4.91. The van der Waals surface area contributed by atoms with Gasteiger partial charge in [-0.05, 0) is 23.6 Å². The van der Waals surface area contributed by atoms with Crippen molar-refractivity contribution in [1.29, 1.82) is 0 Å². The molecule has 2 rings (SSSR count). The average Bonchev–Trinajstić information content (AvgIpc) is 3.02. The van der Waals surface area contributed by atoms with Crippen LogP contribution >= 0.6 is 11.3 Å². The smallest absolute Gasteiger partial charge is 0.268 e. The fourth-order valence-electron chi connectivity index (χ4n) is 1.67. The zero-order chi connectivity index (χ0) is 13.7. The lowest BCUT2D eigenvalue weighted by molar-refractivity contribution is 0.0943. The monoisotopic (exact) mass is 274 g/mol. The normalized spacial score (nSPS) is 9.79. The van der Waals surface area contributed by atoms with E-state index in [0.29, 0.717) is 12.2 Å². The molecule has 0 fully saturated rings. The van der Waals surface area contributed by atoms with Gasteiger partial charge in [-0.25, -0.2) is 0 Å². The van der Waals surface area contributed by atoms with Crippen LogP contribution in [0.25, 0.3) is 0 Å². The molecule has 19 heavy (non-hydrogen) atoms. The van der Waals surface area contributed by atoms with Gasteiger partial charge in [-0.1, -0.05) is 11.8 Å². The van der Waals surface area contributed by atoms with Crippen LogP contribution in [0.3, 0.4) is 0 Å². The van der Waals surface area contributed by atoms with E-state index >= 15 is 0 Å². The average molecular weight is 274 g/mol. The van der Waals surface area contributed by atoms with Crippen molar-refractivity contribution >= 4 is 17.2 Å². The van der Waals surface area contributed by atoms with Gasteiger partial charge in [-0.15, -0.1) is 11.3 Å². The Morgan fingerprint density at radius 2 is 2.37 bits per heavy atom. The first-order valence-electron chi connectivity index (χ1n) is 5.78. The van der Waals surface area contributed by atoms with Crippen LogP contribution < -0.4 is 5.32 Å². The maximum Gasteiger partial charge on any atom is 0.268 e. The Kier molecular flexibility index (Phi) is 4.39. The number of hydrogen-bond acceptors (Lipinski definition) is 3. The summed E-state index contributed by atoms with van der Waals surface area (Å²) in [6.07, 6.45) is 1.83. The van der Waals surface area contributed by atoms with Crippen molar-refractivity contribution in [2.45, 2.75) is 6.54 Å². The van der Waals surface area contributed by atoms with E-state index in [2.05, 4.69) is 17.2 Å². The fourth-order valence-corrected chi connectivity index (χ4v) is 2.44. The number of aryl methyl sites for hydroxylation is 1. The van der Waals surface area contributed by atoms with Crippen molar-refractivity contribution in [2.75, 3.05) is 6.61 Å². The highest BCUT2D eigenvalue weighted by Gasteiger charge is 2.09. The van der Waals surface area contributed by atoms with E-state index in [-0.39, 0.29) is 12.5 Å². The number of rotatable bonds is 3. The molecule has 0 atom stereocenters. The molecule has 98 valence electrons. The van der Waals surface area contributed by atoms with E-state index < -0.39 is 0 Å². The Balaban J connectivity index is 2.02. The second-order valence-electron chi connectivity index (χ2n) is 3.90. The minimum atomic E-state index is -0.162. The third-order valence-electron chi connectivity index (χ3n) is 2.63. The van der Waals surface area contributed by atoms with Gasteiger partial charge in [-0.2, -0.15) is 0 Å². The summed E-state index contributed by atoms with van der Waals surface area (Å²) in [4.78, 5) is 12.9. The first-order chi connectivity index (χ1) is 9.22. The van der Waals surface area contributed by atoms with Gasteiger partial charge in [0.25, 0.3) is 5.91 Å². The molecule has 4 nitrogen and oxygen atoms in total. The molecule has 5 heteroatoms. The molecule has 0 radical (unpaired) electrons. The van der Waals surface area contributed by atoms with E-state index in [1.165, 1.54) is 11.3 Å². The van der Waals surface area contributed by atoms with E-state index in [1.54, 1.807) is 10.6 Å². The topological polar surface area (TPSA) is 54.3 Å². The largest absolute Gasteiger partial charge is 0.384 e. The van der Waals surface area contributed by atoms with Crippen LogP contribution in [-0.4, -0.2) is 22.2 Å². The van der Waals surface area contributed by atoms with Crippen LogP contribution in [0.1, 0.15) is 20.9 Å². The Morgan fingerprint density at radius 3 is 3.05 bits per heavy atom. The lowest BCUT2D eigenvalue weighted by atomic mass is 10.2. The summed E-state index contributed by atoms with van der Waals surface area (Å²) in [6.45, 7) is 0.280. The van der Waals surface area contributed by atoms with Crippen molar-refractivity contribution in [3.05, 3.63) is 45.9 Å². The van der Waals surface area contributed by atoms with Crippen molar-refractivity contribution in [2.24, 2.45) is 7.05 Å². The van der Waals surface area contributed by atoms with Gasteiger partial charge < -0.3 is 15.0 Å². The Labute approximate surface area is 115 Å². The van der Waals surface area contributed by atoms with E-state index in [0.717, 1.165) is 10.4 Å². The predicted molar refractivity (Wildman–Crippen MR) is 74.9 cm³/mol. The van der Waals surface area contributed by atoms with Crippen LogP contribution in [0.4, 0.5) is 0 Å². The molecule has 0 aliphatic carbocycles. The molecule has 2 N–H and O–H groups in total. The number of aliphatic hydroxyl groups excluding tert-OH is 1. The standard InChI is InChI=1S/C14H14N2O2S/c1-16-7-2-5-12(16)14(18)15-10-13-11(4-3-8-17)6-9-19-13/h2,5-7,9,17H,8,10H2,1H3,(H,15,18). The molecular weight excluding hydrogens is 260 g/mol. The summed E-state index contributed by atoms with van der Waals surface area (Å²) < 4.78 is 1.77.